The number of rotatable bonds is 4. The van der Waals surface area contributed by atoms with Crippen molar-refractivity contribution >= 4 is 11.9 Å². The molecule has 1 aromatic carbocycles. The Labute approximate surface area is 111 Å². The molecule has 1 amide bonds. The predicted octanol–water partition coefficient (Wildman–Crippen LogP) is -0.174. The van der Waals surface area contributed by atoms with Gasteiger partial charge in [0.15, 0.2) is 0 Å². The van der Waals surface area contributed by atoms with Crippen molar-refractivity contribution in [3.05, 3.63) is 29.8 Å². The van der Waals surface area contributed by atoms with E-state index in [9.17, 15) is 9.59 Å². The van der Waals surface area contributed by atoms with Crippen LogP contribution in [0.3, 0.4) is 0 Å². The molecule has 0 aromatic heterocycles. The molecule has 1 saturated heterocycles. The molecule has 6 nitrogen and oxygen atoms in total. The Hall–Kier alpha value is -2.08. The Morgan fingerprint density at radius 2 is 2.32 bits per heavy atom. The maximum atomic E-state index is 11.8. The van der Waals surface area contributed by atoms with E-state index in [4.69, 9.17) is 9.47 Å². The molecule has 0 saturated carbocycles. The lowest BCUT2D eigenvalue weighted by Gasteiger charge is -2.22. The molecule has 0 spiro atoms. The molecule has 0 bridgehead atoms. The van der Waals surface area contributed by atoms with E-state index in [1.54, 1.807) is 7.11 Å². The van der Waals surface area contributed by atoms with E-state index in [1.807, 2.05) is 24.3 Å². The topological polar surface area (TPSA) is 76.7 Å². The summed E-state index contributed by atoms with van der Waals surface area (Å²) in [4.78, 5) is 22.7. The lowest BCUT2D eigenvalue weighted by molar-refractivity contribution is -0.148. The van der Waals surface area contributed by atoms with E-state index >= 15 is 0 Å². The first kappa shape index (κ1) is 13.4. The maximum absolute atomic E-state index is 11.8. The van der Waals surface area contributed by atoms with E-state index in [0.717, 1.165) is 11.3 Å². The van der Waals surface area contributed by atoms with Crippen LogP contribution >= 0.6 is 0 Å². The summed E-state index contributed by atoms with van der Waals surface area (Å²) in [6.45, 7) is 0.580. The van der Waals surface area contributed by atoms with Crippen LogP contribution in [0.4, 0.5) is 0 Å². The van der Waals surface area contributed by atoms with Crippen molar-refractivity contribution in [2.24, 2.45) is 0 Å². The lowest BCUT2D eigenvalue weighted by atomic mass is 10.2. The molecular weight excluding hydrogens is 248 g/mol. The molecule has 1 aromatic rings. The molecule has 1 aliphatic rings. The van der Waals surface area contributed by atoms with E-state index in [0.29, 0.717) is 0 Å². The van der Waals surface area contributed by atoms with Crippen LogP contribution in [0, 0.1) is 0 Å². The summed E-state index contributed by atoms with van der Waals surface area (Å²) in [6, 6.07) is 6.84. The first-order valence-electron chi connectivity index (χ1n) is 5.98. The highest BCUT2D eigenvalue weighted by atomic mass is 16.5. The number of esters is 1. The Balaban J connectivity index is 1.84. The second-order valence-corrected chi connectivity index (χ2v) is 4.20. The van der Waals surface area contributed by atoms with Gasteiger partial charge in [0.2, 0.25) is 5.91 Å². The van der Waals surface area contributed by atoms with Gasteiger partial charge in [0, 0.05) is 6.54 Å². The first-order valence-corrected chi connectivity index (χ1v) is 5.98. The first-order chi connectivity index (χ1) is 9.19. The van der Waals surface area contributed by atoms with Gasteiger partial charge in [0.1, 0.15) is 18.4 Å². The van der Waals surface area contributed by atoms with Crippen LogP contribution < -0.4 is 15.4 Å². The normalized spacial score (nSPS) is 18.6. The van der Waals surface area contributed by atoms with Gasteiger partial charge in [-0.2, -0.15) is 0 Å². The zero-order chi connectivity index (χ0) is 13.7. The highest BCUT2D eigenvalue weighted by Gasteiger charge is 2.24. The fraction of sp³-hybridized carbons (Fsp3) is 0.385. The molecule has 1 heterocycles. The lowest BCUT2D eigenvalue weighted by Crippen LogP contribution is -2.55. The number of carbonyl (C=O) groups excluding carboxylic acids is 2. The van der Waals surface area contributed by atoms with Crippen molar-refractivity contribution in [2.45, 2.75) is 12.6 Å². The number of hydrogen-bond donors (Lipinski definition) is 2. The van der Waals surface area contributed by atoms with Crippen molar-refractivity contribution in [1.29, 1.82) is 0 Å². The summed E-state index contributed by atoms with van der Waals surface area (Å²) < 4.78 is 10.3. The van der Waals surface area contributed by atoms with Crippen molar-refractivity contribution in [1.82, 2.24) is 10.6 Å². The molecule has 102 valence electrons. The van der Waals surface area contributed by atoms with Gasteiger partial charge in [-0.1, -0.05) is 12.1 Å². The van der Waals surface area contributed by atoms with Crippen molar-refractivity contribution in [2.75, 3.05) is 20.2 Å². The molecule has 0 radical (unpaired) electrons. The smallest absolute Gasteiger partial charge is 0.325 e. The minimum absolute atomic E-state index is 0.114. The average molecular weight is 264 g/mol. The third kappa shape index (κ3) is 3.69. The van der Waals surface area contributed by atoms with Gasteiger partial charge in [0.05, 0.1) is 13.7 Å². The molecule has 1 aliphatic heterocycles. The van der Waals surface area contributed by atoms with Crippen LogP contribution in [0.2, 0.25) is 0 Å². The Morgan fingerprint density at radius 1 is 1.47 bits per heavy atom. The second kappa shape index (κ2) is 6.19. The number of nitrogens with one attached hydrogen (secondary N) is 2. The standard InChI is InChI=1S/C13H16N2O4/c1-18-10-4-2-3-9(5-10)8-19-13(17)11-6-15-12(16)7-14-11/h2-5,11,14H,6-8H2,1H3,(H,15,16). The summed E-state index contributed by atoms with van der Waals surface area (Å²) in [6.07, 6.45) is 0. The molecule has 1 unspecified atom stereocenters. The number of carbonyl (C=O) groups is 2. The molecule has 6 heteroatoms. The van der Waals surface area contributed by atoms with E-state index < -0.39 is 6.04 Å². The molecule has 1 atom stereocenters. The number of ether oxygens (including phenoxy) is 2. The molecular formula is C13H16N2O4. The number of methoxy groups -OCH3 is 1. The summed E-state index contributed by atoms with van der Waals surface area (Å²) >= 11 is 0. The van der Waals surface area contributed by atoms with Crippen LogP contribution in [0.1, 0.15) is 5.56 Å². The monoisotopic (exact) mass is 264 g/mol. The van der Waals surface area contributed by atoms with Crippen LogP contribution in [0.15, 0.2) is 24.3 Å². The molecule has 2 N–H and O–H groups in total. The fourth-order valence-electron chi connectivity index (χ4n) is 1.75. The van der Waals surface area contributed by atoms with Gasteiger partial charge in [-0.3, -0.25) is 14.9 Å². The Bertz CT molecular complexity index is 465. The van der Waals surface area contributed by atoms with Crippen molar-refractivity contribution in [3.8, 4) is 5.75 Å². The molecule has 0 aliphatic carbocycles. The van der Waals surface area contributed by atoms with Gasteiger partial charge in [-0.25, -0.2) is 0 Å². The van der Waals surface area contributed by atoms with Crippen molar-refractivity contribution in [3.63, 3.8) is 0 Å². The Kier molecular flexibility index (Phi) is 4.35. The number of benzene rings is 1. The third-order valence-corrected chi connectivity index (χ3v) is 2.81. The van der Waals surface area contributed by atoms with Crippen LogP contribution in [0.5, 0.6) is 5.75 Å². The highest BCUT2D eigenvalue weighted by molar-refractivity contribution is 5.83. The van der Waals surface area contributed by atoms with Gasteiger partial charge >= 0.3 is 5.97 Å². The zero-order valence-electron chi connectivity index (χ0n) is 10.6. The molecule has 2 rings (SSSR count). The van der Waals surface area contributed by atoms with E-state index in [2.05, 4.69) is 10.6 Å². The summed E-state index contributed by atoms with van der Waals surface area (Å²) in [5, 5.41) is 5.42. The van der Waals surface area contributed by atoms with Crippen molar-refractivity contribution < 1.29 is 19.1 Å². The quantitative estimate of drug-likeness (QED) is 0.738. The second-order valence-electron chi connectivity index (χ2n) is 4.20. The maximum Gasteiger partial charge on any atom is 0.325 e. The minimum atomic E-state index is -0.483. The van der Waals surface area contributed by atoms with Crippen LogP contribution in [0.25, 0.3) is 0 Å². The summed E-state index contributed by atoms with van der Waals surface area (Å²) in [7, 11) is 1.58. The summed E-state index contributed by atoms with van der Waals surface area (Å²) in [5.41, 5.74) is 0.854. The van der Waals surface area contributed by atoms with Crippen LogP contribution in [-0.4, -0.2) is 38.1 Å². The van der Waals surface area contributed by atoms with E-state index in [1.165, 1.54) is 0 Å². The fourth-order valence-corrected chi connectivity index (χ4v) is 1.75. The number of hydrogen-bond acceptors (Lipinski definition) is 5. The van der Waals surface area contributed by atoms with Gasteiger partial charge in [-0.05, 0) is 17.7 Å². The predicted molar refractivity (Wildman–Crippen MR) is 67.6 cm³/mol. The Morgan fingerprint density at radius 3 is 3.00 bits per heavy atom. The average Bonchev–Trinajstić information content (AvgIpc) is 2.46. The number of piperazine rings is 1. The highest BCUT2D eigenvalue weighted by Crippen LogP contribution is 2.13. The third-order valence-electron chi connectivity index (χ3n) is 2.81. The van der Waals surface area contributed by atoms with Gasteiger partial charge in [0.25, 0.3) is 0 Å². The molecule has 19 heavy (non-hydrogen) atoms. The summed E-state index contributed by atoms with van der Waals surface area (Å²) in [5.74, 6) is 0.233. The largest absolute Gasteiger partial charge is 0.497 e. The SMILES string of the molecule is COc1cccc(COC(=O)C2CNC(=O)CN2)c1. The van der Waals surface area contributed by atoms with E-state index in [-0.39, 0.29) is 31.6 Å². The zero-order valence-corrected chi connectivity index (χ0v) is 10.6. The van der Waals surface area contributed by atoms with Gasteiger partial charge in [-0.15, -0.1) is 0 Å². The van der Waals surface area contributed by atoms with Crippen LogP contribution in [-0.2, 0) is 20.9 Å². The molecule has 1 fully saturated rings. The minimum Gasteiger partial charge on any atom is -0.497 e. The number of amides is 1. The van der Waals surface area contributed by atoms with Gasteiger partial charge < -0.3 is 14.8 Å².